The molecule has 0 bridgehead atoms. The van der Waals surface area contributed by atoms with Gasteiger partial charge in [-0.25, -0.2) is 0 Å². The second kappa shape index (κ2) is 6.05. The predicted octanol–water partition coefficient (Wildman–Crippen LogP) is 3.95. The first-order valence-corrected chi connectivity index (χ1v) is 6.27. The zero-order valence-corrected chi connectivity index (χ0v) is 11.0. The van der Waals surface area contributed by atoms with Crippen LogP contribution < -0.4 is 5.32 Å². The van der Waals surface area contributed by atoms with Crippen LogP contribution in [0.3, 0.4) is 0 Å². The molecule has 0 spiro atoms. The number of aromatic nitrogens is 1. The maximum Gasteiger partial charge on any atom is 0.416 e. The van der Waals surface area contributed by atoms with Crippen LogP contribution in [0.5, 0.6) is 0 Å². The highest BCUT2D eigenvalue weighted by Crippen LogP contribution is 2.29. The molecule has 1 atom stereocenters. The van der Waals surface area contributed by atoms with Gasteiger partial charge in [0.15, 0.2) is 0 Å². The van der Waals surface area contributed by atoms with Crippen LogP contribution in [0.15, 0.2) is 48.7 Å². The molecule has 1 heterocycles. The highest BCUT2D eigenvalue weighted by molar-refractivity contribution is 5.25. The Bertz CT molecular complexity index is 553. The summed E-state index contributed by atoms with van der Waals surface area (Å²) in [6.07, 6.45) is -2.61. The number of nitrogens with one attached hydrogen (secondary N) is 1. The molecule has 0 aliphatic rings. The smallest absolute Gasteiger partial charge is 0.305 e. The van der Waals surface area contributed by atoms with Gasteiger partial charge in [-0.15, -0.1) is 0 Å². The van der Waals surface area contributed by atoms with Gasteiger partial charge in [-0.1, -0.05) is 24.3 Å². The number of alkyl halides is 3. The molecular weight excluding hydrogens is 265 g/mol. The van der Waals surface area contributed by atoms with E-state index in [1.165, 1.54) is 6.07 Å². The number of halogens is 3. The third-order valence-electron chi connectivity index (χ3n) is 3.00. The molecule has 1 N–H and O–H groups in total. The Morgan fingerprint density at radius 2 is 1.95 bits per heavy atom. The molecule has 0 amide bonds. The van der Waals surface area contributed by atoms with Crippen molar-refractivity contribution in [3.63, 3.8) is 0 Å². The molecule has 1 aromatic heterocycles. The third-order valence-corrected chi connectivity index (χ3v) is 3.00. The molecule has 2 nitrogen and oxygen atoms in total. The first kappa shape index (κ1) is 14.5. The average Bonchev–Trinajstić information content (AvgIpc) is 2.45. The maximum absolute atomic E-state index is 12.6. The highest BCUT2D eigenvalue weighted by atomic mass is 19.4. The topological polar surface area (TPSA) is 24.9 Å². The van der Waals surface area contributed by atoms with Gasteiger partial charge in [0.05, 0.1) is 11.3 Å². The van der Waals surface area contributed by atoms with Crippen molar-refractivity contribution in [2.24, 2.45) is 0 Å². The van der Waals surface area contributed by atoms with Gasteiger partial charge in [-0.3, -0.25) is 4.98 Å². The lowest BCUT2D eigenvalue weighted by Crippen LogP contribution is -2.19. The molecule has 0 saturated heterocycles. The van der Waals surface area contributed by atoms with Crippen molar-refractivity contribution in [1.29, 1.82) is 0 Å². The number of hydrogen-bond acceptors (Lipinski definition) is 2. The SMILES string of the molecule is CC(NCc1cccc(C(F)(F)F)c1)c1ccccn1. The van der Waals surface area contributed by atoms with Crippen molar-refractivity contribution >= 4 is 0 Å². The summed E-state index contributed by atoms with van der Waals surface area (Å²) in [5.74, 6) is 0. The molecule has 0 aliphatic heterocycles. The molecule has 0 aliphatic carbocycles. The lowest BCUT2D eigenvalue weighted by Gasteiger charge is -2.14. The number of rotatable bonds is 4. The van der Waals surface area contributed by atoms with E-state index in [2.05, 4.69) is 10.3 Å². The standard InChI is InChI=1S/C15H15F3N2/c1-11(14-7-2-3-8-19-14)20-10-12-5-4-6-13(9-12)15(16,17)18/h2-9,11,20H,10H2,1H3. The summed E-state index contributed by atoms with van der Waals surface area (Å²) < 4.78 is 37.8. The summed E-state index contributed by atoms with van der Waals surface area (Å²) in [5, 5.41) is 3.16. The van der Waals surface area contributed by atoms with E-state index in [9.17, 15) is 13.2 Å². The summed E-state index contributed by atoms with van der Waals surface area (Å²) in [6, 6.07) is 10.9. The van der Waals surface area contributed by atoms with E-state index in [0.717, 1.165) is 17.8 Å². The number of nitrogens with zero attached hydrogens (tertiary/aromatic N) is 1. The van der Waals surface area contributed by atoms with Crippen LogP contribution in [0.1, 0.15) is 29.8 Å². The van der Waals surface area contributed by atoms with Gasteiger partial charge < -0.3 is 5.32 Å². The second-order valence-corrected chi connectivity index (χ2v) is 4.56. The van der Waals surface area contributed by atoms with E-state index < -0.39 is 11.7 Å². The van der Waals surface area contributed by atoms with Gasteiger partial charge in [-0.05, 0) is 30.7 Å². The maximum atomic E-state index is 12.6. The molecule has 0 fully saturated rings. The van der Waals surface area contributed by atoms with E-state index in [4.69, 9.17) is 0 Å². The Kier molecular flexibility index (Phi) is 4.39. The zero-order valence-electron chi connectivity index (χ0n) is 11.0. The minimum absolute atomic E-state index is 0.0225. The molecule has 0 radical (unpaired) electrons. The summed E-state index contributed by atoms with van der Waals surface area (Å²) in [4.78, 5) is 4.21. The monoisotopic (exact) mass is 280 g/mol. The van der Waals surface area contributed by atoms with Crippen LogP contribution in [0.25, 0.3) is 0 Å². The van der Waals surface area contributed by atoms with E-state index in [1.54, 1.807) is 12.3 Å². The molecule has 5 heteroatoms. The van der Waals surface area contributed by atoms with Gasteiger partial charge in [0.25, 0.3) is 0 Å². The zero-order chi connectivity index (χ0) is 14.6. The molecule has 2 rings (SSSR count). The first-order valence-electron chi connectivity index (χ1n) is 6.27. The van der Waals surface area contributed by atoms with Crippen molar-refractivity contribution in [1.82, 2.24) is 10.3 Å². The summed E-state index contributed by atoms with van der Waals surface area (Å²) in [5.41, 5.74) is 0.837. The summed E-state index contributed by atoms with van der Waals surface area (Å²) in [6.45, 7) is 2.29. The van der Waals surface area contributed by atoms with Crippen LogP contribution in [-0.4, -0.2) is 4.98 Å². The summed E-state index contributed by atoms with van der Waals surface area (Å²) >= 11 is 0. The lowest BCUT2D eigenvalue weighted by molar-refractivity contribution is -0.137. The van der Waals surface area contributed by atoms with E-state index in [0.29, 0.717) is 12.1 Å². The predicted molar refractivity (Wildman–Crippen MR) is 70.9 cm³/mol. The minimum atomic E-state index is -4.30. The minimum Gasteiger partial charge on any atom is -0.305 e. The Morgan fingerprint density at radius 1 is 1.15 bits per heavy atom. The highest BCUT2D eigenvalue weighted by Gasteiger charge is 2.30. The van der Waals surface area contributed by atoms with Gasteiger partial charge >= 0.3 is 6.18 Å². The number of hydrogen-bond donors (Lipinski definition) is 1. The fourth-order valence-electron chi connectivity index (χ4n) is 1.87. The number of pyridine rings is 1. The second-order valence-electron chi connectivity index (χ2n) is 4.56. The number of benzene rings is 1. The van der Waals surface area contributed by atoms with Crippen LogP contribution in [0.4, 0.5) is 13.2 Å². The van der Waals surface area contributed by atoms with Crippen molar-refractivity contribution in [2.75, 3.05) is 0 Å². The van der Waals surface area contributed by atoms with Gasteiger partial charge in [-0.2, -0.15) is 13.2 Å². The lowest BCUT2D eigenvalue weighted by atomic mass is 10.1. The molecule has 1 aromatic carbocycles. The van der Waals surface area contributed by atoms with Crippen LogP contribution in [0.2, 0.25) is 0 Å². The van der Waals surface area contributed by atoms with Gasteiger partial charge in [0.2, 0.25) is 0 Å². The van der Waals surface area contributed by atoms with Crippen molar-refractivity contribution in [3.8, 4) is 0 Å². The quantitative estimate of drug-likeness (QED) is 0.917. The third kappa shape index (κ3) is 3.81. The van der Waals surface area contributed by atoms with E-state index in [1.807, 2.05) is 25.1 Å². The molecule has 106 valence electrons. The van der Waals surface area contributed by atoms with E-state index >= 15 is 0 Å². The van der Waals surface area contributed by atoms with Crippen molar-refractivity contribution < 1.29 is 13.2 Å². The average molecular weight is 280 g/mol. The Balaban J connectivity index is 2.01. The van der Waals surface area contributed by atoms with Gasteiger partial charge in [0, 0.05) is 18.8 Å². The largest absolute Gasteiger partial charge is 0.416 e. The van der Waals surface area contributed by atoms with E-state index in [-0.39, 0.29) is 6.04 Å². The molecule has 2 aromatic rings. The molecule has 0 saturated carbocycles. The molecular formula is C15H15F3N2. The molecule has 1 unspecified atom stereocenters. The first-order chi connectivity index (χ1) is 9.47. The fourth-order valence-corrected chi connectivity index (χ4v) is 1.87. The van der Waals surface area contributed by atoms with Crippen LogP contribution in [-0.2, 0) is 12.7 Å². The summed E-state index contributed by atoms with van der Waals surface area (Å²) in [7, 11) is 0. The van der Waals surface area contributed by atoms with Crippen molar-refractivity contribution in [3.05, 3.63) is 65.5 Å². The van der Waals surface area contributed by atoms with Crippen molar-refractivity contribution in [2.45, 2.75) is 25.7 Å². The van der Waals surface area contributed by atoms with Crippen LogP contribution in [0, 0.1) is 0 Å². The Hall–Kier alpha value is -1.88. The molecule has 20 heavy (non-hydrogen) atoms. The Labute approximate surface area is 115 Å². The normalized spacial score (nSPS) is 13.2. The fraction of sp³-hybridized carbons (Fsp3) is 0.267. The van der Waals surface area contributed by atoms with Gasteiger partial charge in [0.1, 0.15) is 0 Å². The van der Waals surface area contributed by atoms with Crippen LogP contribution >= 0.6 is 0 Å². The Morgan fingerprint density at radius 3 is 2.60 bits per heavy atom.